The smallest absolute Gasteiger partial charge is 0.337 e. The molecule has 1 aliphatic rings. The van der Waals surface area contributed by atoms with Crippen LogP contribution in [0.2, 0.25) is 0 Å². The second-order valence-electron chi connectivity index (χ2n) is 5.84. The number of benzene rings is 1. The molecule has 0 spiro atoms. The summed E-state index contributed by atoms with van der Waals surface area (Å²) in [5.74, 6) is -0.338. The number of aromatic nitrogens is 2. The molecule has 26 heavy (non-hydrogen) atoms. The molecule has 0 aliphatic carbocycles. The van der Waals surface area contributed by atoms with Gasteiger partial charge in [-0.25, -0.2) is 14.8 Å². The van der Waals surface area contributed by atoms with E-state index in [1.165, 1.54) is 19.5 Å². The minimum Gasteiger partial charge on any atom is -0.465 e. The Kier molecular flexibility index (Phi) is 5.75. The van der Waals surface area contributed by atoms with Crippen molar-refractivity contribution in [1.29, 1.82) is 0 Å². The molecule has 136 valence electrons. The van der Waals surface area contributed by atoms with Crippen molar-refractivity contribution < 1.29 is 19.1 Å². The fraction of sp³-hybridized carbons (Fsp3) is 0.333. The zero-order chi connectivity index (χ0) is 18.4. The number of rotatable bonds is 6. The van der Waals surface area contributed by atoms with Crippen LogP contribution in [0.3, 0.4) is 0 Å². The number of hydrogen-bond acceptors (Lipinski definition) is 7. The Balaban J connectivity index is 1.58. The summed E-state index contributed by atoms with van der Waals surface area (Å²) in [4.78, 5) is 31.9. The van der Waals surface area contributed by atoms with E-state index < -0.39 is 5.97 Å². The fourth-order valence-corrected chi connectivity index (χ4v) is 2.59. The molecule has 1 aromatic carbocycles. The summed E-state index contributed by atoms with van der Waals surface area (Å²) in [5, 5.41) is 5.81. The highest BCUT2D eigenvalue weighted by molar-refractivity contribution is 5.93. The van der Waals surface area contributed by atoms with Gasteiger partial charge in [0.1, 0.15) is 0 Å². The fourth-order valence-electron chi connectivity index (χ4n) is 2.59. The molecule has 0 bridgehead atoms. The highest BCUT2D eigenvalue weighted by Crippen LogP contribution is 2.15. The lowest BCUT2D eigenvalue weighted by atomic mass is 10.2. The molecule has 2 N–H and O–H groups in total. The molecule has 8 heteroatoms. The summed E-state index contributed by atoms with van der Waals surface area (Å²) in [7, 11) is 1.33. The lowest BCUT2D eigenvalue weighted by Gasteiger charge is -2.11. The number of amides is 1. The van der Waals surface area contributed by atoms with Crippen LogP contribution in [0.25, 0.3) is 0 Å². The molecule has 1 atom stereocenters. The van der Waals surface area contributed by atoms with E-state index in [1.54, 1.807) is 24.3 Å². The number of hydrogen-bond donors (Lipinski definition) is 2. The molecule has 1 amide bonds. The number of carbonyl (C=O) groups is 2. The molecule has 2 aromatic rings. The summed E-state index contributed by atoms with van der Waals surface area (Å²) in [6.45, 7) is 1.24. The van der Waals surface area contributed by atoms with Crippen LogP contribution < -0.4 is 10.6 Å². The molecule has 0 radical (unpaired) electrons. The van der Waals surface area contributed by atoms with E-state index in [1.807, 2.05) is 0 Å². The topological polar surface area (TPSA) is 102 Å². The van der Waals surface area contributed by atoms with Crippen molar-refractivity contribution in [1.82, 2.24) is 15.3 Å². The van der Waals surface area contributed by atoms with Crippen LogP contribution in [0.1, 0.15) is 33.6 Å². The van der Waals surface area contributed by atoms with Gasteiger partial charge in [0.25, 0.3) is 5.91 Å². The van der Waals surface area contributed by atoms with E-state index >= 15 is 0 Å². The second kappa shape index (κ2) is 8.39. The maximum atomic E-state index is 12.1. The molecule has 1 aromatic heterocycles. The Bertz CT molecular complexity index is 773. The van der Waals surface area contributed by atoms with Crippen LogP contribution >= 0.6 is 0 Å². The number of esters is 1. The molecular weight excluding hydrogens is 336 g/mol. The lowest BCUT2D eigenvalue weighted by molar-refractivity contribution is 0.0600. The maximum Gasteiger partial charge on any atom is 0.337 e. The van der Waals surface area contributed by atoms with Gasteiger partial charge in [-0.3, -0.25) is 4.79 Å². The van der Waals surface area contributed by atoms with Crippen molar-refractivity contribution in [2.24, 2.45) is 0 Å². The van der Waals surface area contributed by atoms with E-state index in [0.717, 1.165) is 19.4 Å². The van der Waals surface area contributed by atoms with Gasteiger partial charge in [-0.15, -0.1) is 0 Å². The average Bonchev–Trinajstić information content (AvgIpc) is 3.20. The van der Waals surface area contributed by atoms with Crippen LogP contribution in [0.15, 0.2) is 36.7 Å². The molecule has 3 rings (SSSR count). The SMILES string of the molecule is COC(=O)c1cccc(Nc2ncc(C(=O)NCC3CCCO3)cn2)c1. The largest absolute Gasteiger partial charge is 0.465 e. The van der Waals surface area contributed by atoms with Gasteiger partial charge in [-0.05, 0) is 31.0 Å². The molecule has 1 unspecified atom stereocenters. The Hall–Kier alpha value is -3.00. The van der Waals surface area contributed by atoms with E-state index in [2.05, 4.69) is 20.6 Å². The number of methoxy groups -OCH3 is 1. The van der Waals surface area contributed by atoms with E-state index in [4.69, 9.17) is 9.47 Å². The summed E-state index contributed by atoms with van der Waals surface area (Å²) in [5.41, 5.74) is 1.43. The third-order valence-electron chi connectivity index (χ3n) is 3.97. The first-order chi connectivity index (χ1) is 12.7. The van der Waals surface area contributed by atoms with Crippen molar-refractivity contribution in [2.45, 2.75) is 18.9 Å². The minimum atomic E-state index is -0.423. The van der Waals surface area contributed by atoms with Crippen molar-refractivity contribution in [3.05, 3.63) is 47.8 Å². The predicted molar refractivity (Wildman–Crippen MR) is 94.4 cm³/mol. The Morgan fingerprint density at radius 3 is 2.77 bits per heavy atom. The zero-order valence-electron chi connectivity index (χ0n) is 14.4. The number of carbonyl (C=O) groups excluding carboxylic acids is 2. The molecule has 0 saturated carbocycles. The highest BCUT2D eigenvalue weighted by Gasteiger charge is 2.17. The number of nitrogens with one attached hydrogen (secondary N) is 2. The van der Waals surface area contributed by atoms with Crippen molar-refractivity contribution in [3.63, 3.8) is 0 Å². The van der Waals surface area contributed by atoms with E-state index in [-0.39, 0.29) is 12.0 Å². The van der Waals surface area contributed by atoms with Gasteiger partial charge < -0.3 is 20.1 Å². The van der Waals surface area contributed by atoms with Gasteiger partial charge in [-0.1, -0.05) is 6.07 Å². The maximum absolute atomic E-state index is 12.1. The lowest BCUT2D eigenvalue weighted by Crippen LogP contribution is -2.31. The molecular formula is C18H20N4O4. The van der Waals surface area contributed by atoms with Crippen LogP contribution in [-0.2, 0) is 9.47 Å². The third-order valence-corrected chi connectivity index (χ3v) is 3.97. The standard InChI is InChI=1S/C18H20N4O4/c1-25-17(24)12-4-2-5-14(8-12)22-18-20-9-13(10-21-18)16(23)19-11-15-6-3-7-26-15/h2,4-5,8-10,15H,3,6-7,11H2,1H3,(H,19,23)(H,20,21,22). The van der Waals surface area contributed by atoms with Crippen LogP contribution in [0.4, 0.5) is 11.6 Å². The first kappa shape index (κ1) is 17.8. The first-order valence-corrected chi connectivity index (χ1v) is 8.33. The van der Waals surface area contributed by atoms with Gasteiger partial charge >= 0.3 is 5.97 Å². The normalized spacial score (nSPS) is 16.1. The average molecular weight is 356 g/mol. The van der Waals surface area contributed by atoms with Crippen LogP contribution in [0.5, 0.6) is 0 Å². The van der Waals surface area contributed by atoms with E-state index in [0.29, 0.717) is 29.3 Å². The van der Waals surface area contributed by atoms with Crippen molar-refractivity contribution in [2.75, 3.05) is 25.6 Å². The molecule has 1 saturated heterocycles. The molecule has 2 heterocycles. The Morgan fingerprint density at radius 2 is 2.08 bits per heavy atom. The van der Waals surface area contributed by atoms with Crippen molar-refractivity contribution in [3.8, 4) is 0 Å². The van der Waals surface area contributed by atoms with Gasteiger partial charge in [0.05, 0.1) is 24.3 Å². The number of anilines is 2. The second-order valence-corrected chi connectivity index (χ2v) is 5.84. The van der Waals surface area contributed by atoms with E-state index in [9.17, 15) is 9.59 Å². The Morgan fingerprint density at radius 1 is 1.27 bits per heavy atom. The molecule has 1 aliphatic heterocycles. The zero-order valence-corrected chi connectivity index (χ0v) is 14.4. The third kappa shape index (κ3) is 4.54. The van der Waals surface area contributed by atoms with Crippen LogP contribution in [0, 0.1) is 0 Å². The summed E-state index contributed by atoms with van der Waals surface area (Å²) < 4.78 is 10.2. The quantitative estimate of drug-likeness (QED) is 0.762. The monoisotopic (exact) mass is 356 g/mol. The Labute approximate surface area is 150 Å². The minimum absolute atomic E-state index is 0.0860. The van der Waals surface area contributed by atoms with Gasteiger partial charge in [-0.2, -0.15) is 0 Å². The number of nitrogens with zero attached hydrogens (tertiary/aromatic N) is 2. The summed E-state index contributed by atoms with van der Waals surface area (Å²) in [6.07, 6.45) is 4.98. The van der Waals surface area contributed by atoms with Crippen molar-refractivity contribution >= 4 is 23.5 Å². The molecule has 8 nitrogen and oxygen atoms in total. The van der Waals surface area contributed by atoms with Gasteiger partial charge in [0.2, 0.25) is 5.95 Å². The van der Waals surface area contributed by atoms with Gasteiger partial charge in [0.15, 0.2) is 0 Å². The number of ether oxygens (including phenoxy) is 2. The molecule has 1 fully saturated rings. The summed E-state index contributed by atoms with van der Waals surface area (Å²) >= 11 is 0. The highest BCUT2D eigenvalue weighted by atomic mass is 16.5. The van der Waals surface area contributed by atoms with Crippen LogP contribution in [-0.4, -0.2) is 48.2 Å². The first-order valence-electron chi connectivity index (χ1n) is 8.33. The van der Waals surface area contributed by atoms with Gasteiger partial charge in [0, 0.05) is 31.2 Å². The summed E-state index contributed by atoms with van der Waals surface area (Å²) in [6, 6.07) is 6.79. The predicted octanol–water partition coefficient (Wildman–Crippen LogP) is 1.92.